The number of carboxylic acid groups (broad SMARTS) is 1. The van der Waals surface area contributed by atoms with Gasteiger partial charge in [-0.05, 0) is 37.1 Å². The summed E-state index contributed by atoms with van der Waals surface area (Å²) in [5.74, 6) is -0.861. The summed E-state index contributed by atoms with van der Waals surface area (Å²) in [7, 11) is 0. The first-order valence-corrected chi connectivity index (χ1v) is 5.56. The highest BCUT2D eigenvalue weighted by Gasteiger charge is 2.15. The molecule has 92 valence electrons. The number of pyridine rings is 1. The molecule has 0 fully saturated rings. The van der Waals surface area contributed by atoms with Crippen molar-refractivity contribution in [3.63, 3.8) is 0 Å². The summed E-state index contributed by atoms with van der Waals surface area (Å²) in [5, 5.41) is 9.19. The number of aromatic carboxylic acids is 1. The van der Waals surface area contributed by atoms with Crippen LogP contribution in [0.15, 0.2) is 30.3 Å². The Morgan fingerprint density at radius 1 is 1.17 bits per heavy atom. The maximum Gasteiger partial charge on any atom is 0.355 e. The summed E-state index contributed by atoms with van der Waals surface area (Å²) in [6.07, 6.45) is 0. The van der Waals surface area contributed by atoms with Crippen LogP contribution in [0.25, 0.3) is 11.1 Å². The summed E-state index contributed by atoms with van der Waals surface area (Å²) in [4.78, 5) is 15.1. The normalized spacial score (nSPS) is 10.3. The number of nitrogen functional groups attached to an aromatic ring is 1. The van der Waals surface area contributed by atoms with E-state index in [9.17, 15) is 9.90 Å². The van der Waals surface area contributed by atoms with Gasteiger partial charge in [0.25, 0.3) is 0 Å². The molecule has 0 aliphatic heterocycles. The van der Waals surface area contributed by atoms with Crippen molar-refractivity contribution in [3.8, 4) is 11.1 Å². The molecule has 0 spiro atoms. The Morgan fingerprint density at radius 3 is 2.56 bits per heavy atom. The third kappa shape index (κ3) is 2.18. The van der Waals surface area contributed by atoms with Crippen LogP contribution in [0.5, 0.6) is 0 Å². The standard InChI is InChI=1S/C14H14N2O2/c1-8-3-4-9(2)11(7-8)10-5-6-12(15)16-13(10)14(17)18/h3-7H,1-2H3,(H2,15,16)(H,17,18). The number of nitrogens with zero attached hydrogens (tertiary/aromatic N) is 1. The lowest BCUT2D eigenvalue weighted by Crippen LogP contribution is -2.06. The lowest BCUT2D eigenvalue weighted by molar-refractivity contribution is 0.0691. The monoisotopic (exact) mass is 242 g/mol. The molecule has 0 bridgehead atoms. The summed E-state index contributed by atoms with van der Waals surface area (Å²) >= 11 is 0. The van der Waals surface area contributed by atoms with Gasteiger partial charge in [0.05, 0.1) is 0 Å². The fraction of sp³-hybridized carbons (Fsp3) is 0.143. The van der Waals surface area contributed by atoms with E-state index in [-0.39, 0.29) is 11.5 Å². The van der Waals surface area contributed by atoms with Crippen LogP contribution in [-0.4, -0.2) is 16.1 Å². The van der Waals surface area contributed by atoms with E-state index >= 15 is 0 Å². The van der Waals surface area contributed by atoms with Gasteiger partial charge in [-0.2, -0.15) is 0 Å². The maximum absolute atomic E-state index is 11.2. The second-order valence-electron chi connectivity index (χ2n) is 4.26. The molecule has 4 heteroatoms. The third-order valence-corrected chi connectivity index (χ3v) is 2.80. The Morgan fingerprint density at radius 2 is 1.89 bits per heavy atom. The van der Waals surface area contributed by atoms with Crippen molar-refractivity contribution in [2.45, 2.75) is 13.8 Å². The second-order valence-corrected chi connectivity index (χ2v) is 4.26. The quantitative estimate of drug-likeness (QED) is 0.848. The van der Waals surface area contributed by atoms with Crippen LogP contribution in [0.4, 0.5) is 5.82 Å². The molecule has 0 atom stereocenters. The number of carbonyl (C=O) groups is 1. The number of aryl methyl sites for hydroxylation is 2. The van der Waals surface area contributed by atoms with E-state index in [0.717, 1.165) is 16.7 Å². The molecule has 0 radical (unpaired) electrons. The Labute approximate surface area is 105 Å². The lowest BCUT2D eigenvalue weighted by atomic mass is 9.97. The minimum Gasteiger partial charge on any atom is -0.476 e. The SMILES string of the molecule is Cc1ccc(C)c(-c2ccc(N)nc2C(=O)O)c1. The molecule has 1 aromatic carbocycles. The molecule has 0 saturated heterocycles. The van der Waals surface area contributed by atoms with E-state index < -0.39 is 5.97 Å². The molecule has 4 nitrogen and oxygen atoms in total. The van der Waals surface area contributed by atoms with Crippen molar-refractivity contribution >= 4 is 11.8 Å². The van der Waals surface area contributed by atoms with Crippen molar-refractivity contribution in [1.82, 2.24) is 4.98 Å². The van der Waals surface area contributed by atoms with Crippen LogP contribution >= 0.6 is 0 Å². The van der Waals surface area contributed by atoms with Gasteiger partial charge in [0.15, 0.2) is 5.69 Å². The molecule has 0 aliphatic carbocycles. The predicted octanol–water partition coefficient (Wildman–Crippen LogP) is 2.65. The number of carboxylic acids is 1. The van der Waals surface area contributed by atoms with Crippen molar-refractivity contribution in [2.24, 2.45) is 0 Å². The first-order valence-electron chi connectivity index (χ1n) is 5.56. The number of hydrogen-bond acceptors (Lipinski definition) is 3. The van der Waals surface area contributed by atoms with E-state index in [4.69, 9.17) is 5.73 Å². The molecule has 2 rings (SSSR count). The Hall–Kier alpha value is -2.36. The highest BCUT2D eigenvalue weighted by atomic mass is 16.4. The summed E-state index contributed by atoms with van der Waals surface area (Å²) in [6.45, 7) is 3.91. The van der Waals surface area contributed by atoms with Gasteiger partial charge >= 0.3 is 5.97 Å². The number of rotatable bonds is 2. The Balaban J connectivity index is 2.70. The van der Waals surface area contributed by atoms with Crippen molar-refractivity contribution < 1.29 is 9.90 Å². The van der Waals surface area contributed by atoms with E-state index in [1.54, 1.807) is 12.1 Å². The van der Waals surface area contributed by atoms with Crippen LogP contribution in [0, 0.1) is 13.8 Å². The molecule has 18 heavy (non-hydrogen) atoms. The molecule has 0 aliphatic rings. The van der Waals surface area contributed by atoms with Crippen LogP contribution in [0.1, 0.15) is 21.6 Å². The summed E-state index contributed by atoms with van der Waals surface area (Å²) in [6, 6.07) is 9.22. The van der Waals surface area contributed by atoms with E-state index in [1.165, 1.54) is 0 Å². The largest absolute Gasteiger partial charge is 0.476 e. The topological polar surface area (TPSA) is 76.2 Å². The van der Waals surface area contributed by atoms with Crippen molar-refractivity contribution in [3.05, 3.63) is 47.2 Å². The minimum absolute atomic E-state index is 0.0105. The zero-order valence-electron chi connectivity index (χ0n) is 10.3. The van der Waals surface area contributed by atoms with E-state index in [1.807, 2.05) is 32.0 Å². The molecule has 0 saturated carbocycles. The molecule has 1 heterocycles. The molecular weight excluding hydrogens is 228 g/mol. The van der Waals surface area contributed by atoms with E-state index in [2.05, 4.69) is 4.98 Å². The fourth-order valence-electron chi connectivity index (χ4n) is 1.88. The molecule has 0 amide bonds. The van der Waals surface area contributed by atoms with Gasteiger partial charge in [-0.1, -0.05) is 23.8 Å². The first-order chi connectivity index (χ1) is 8.49. The first kappa shape index (κ1) is 12.1. The van der Waals surface area contributed by atoms with Crippen LogP contribution < -0.4 is 5.73 Å². The molecule has 0 unspecified atom stereocenters. The second kappa shape index (κ2) is 4.49. The zero-order valence-corrected chi connectivity index (χ0v) is 10.3. The number of anilines is 1. The van der Waals surface area contributed by atoms with Crippen LogP contribution in [0.3, 0.4) is 0 Å². The van der Waals surface area contributed by atoms with Gasteiger partial charge in [-0.25, -0.2) is 9.78 Å². The summed E-state index contributed by atoms with van der Waals surface area (Å²) < 4.78 is 0. The molecule has 1 aromatic heterocycles. The number of hydrogen-bond donors (Lipinski definition) is 2. The van der Waals surface area contributed by atoms with Gasteiger partial charge in [0.2, 0.25) is 0 Å². The van der Waals surface area contributed by atoms with Gasteiger partial charge < -0.3 is 10.8 Å². The van der Waals surface area contributed by atoms with Gasteiger partial charge in [-0.15, -0.1) is 0 Å². The molecule has 2 aromatic rings. The zero-order chi connectivity index (χ0) is 13.3. The number of benzene rings is 1. The predicted molar refractivity (Wildman–Crippen MR) is 70.5 cm³/mol. The third-order valence-electron chi connectivity index (χ3n) is 2.80. The Bertz CT molecular complexity index is 621. The lowest BCUT2D eigenvalue weighted by Gasteiger charge is -2.10. The number of aromatic nitrogens is 1. The van der Waals surface area contributed by atoms with Gasteiger partial charge in [0, 0.05) is 5.56 Å². The molecule has 3 N–H and O–H groups in total. The maximum atomic E-state index is 11.2. The highest BCUT2D eigenvalue weighted by molar-refractivity contribution is 5.95. The van der Waals surface area contributed by atoms with Crippen LogP contribution in [0.2, 0.25) is 0 Å². The van der Waals surface area contributed by atoms with Crippen molar-refractivity contribution in [2.75, 3.05) is 5.73 Å². The summed E-state index contributed by atoms with van der Waals surface area (Å²) in [5.41, 5.74) is 9.08. The van der Waals surface area contributed by atoms with Crippen molar-refractivity contribution in [1.29, 1.82) is 0 Å². The fourth-order valence-corrected chi connectivity index (χ4v) is 1.88. The Kier molecular flexibility index (Phi) is 3.02. The highest BCUT2D eigenvalue weighted by Crippen LogP contribution is 2.27. The molecular formula is C14H14N2O2. The number of nitrogens with two attached hydrogens (primary N) is 1. The average molecular weight is 242 g/mol. The van der Waals surface area contributed by atoms with Crippen LogP contribution in [-0.2, 0) is 0 Å². The van der Waals surface area contributed by atoms with Gasteiger partial charge in [0.1, 0.15) is 5.82 Å². The minimum atomic E-state index is -1.07. The van der Waals surface area contributed by atoms with Gasteiger partial charge in [-0.3, -0.25) is 0 Å². The average Bonchev–Trinajstić information content (AvgIpc) is 2.32. The van der Waals surface area contributed by atoms with E-state index in [0.29, 0.717) is 5.56 Å². The smallest absolute Gasteiger partial charge is 0.355 e.